The molecule has 2 heteroatoms. The zero-order valence-corrected chi connectivity index (χ0v) is 8.40. The van der Waals surface area contributed by atoms with Crippen LogP contribution in [0.3, 0.4) is 0 Å². The summed E-state index contributed by atoms with van der Waals surface area (Å²) in [4.78, 5) is 0. The van der Waals surface area contributed by atoms with E-state index >= 15 is 0 Å². The van der Waals surface area contributed by atoms with Crippen LogP contribution in [0.5, 0.6) is 0 Å². The fourth-order valence-electron chi connectivity index (χ4n) is 1.60. The van der Waals surface area contributed by atoms with Gasteiger partial charge in [-0.05, 0) is 38.3 Å². The first-order valence-corrected chi connectivity index (χ1v) is 5.23. The van der Waals surface area contributed by atoms with Crippen LogP contribution in [-0.2, 0) is 0 Å². The summed E-state index contributed by atoms with van der Waals surface area (Å²) in [5, 5.41) is 6.98. The van der Waals surface area contributed by atoms with E-state index in [-0.39, 0.29) is 0 Å². The van der Waals surface area contributed by atoms with Crippen molar-refractivity contribution in [2.75, 3.05) is 19.6 Å². The Morgan fingerprint density at radius 2 is 2.33 bits per heavy atom. The molecule has 0 aromatic heterocycles. The molecule has 0 aliphatic carbocycles. The summed E-state index contributed by atoms with van der Waals surface area (Å²) in [5.74, 6) is 0.828. The third-order valence-corrected chi connectivity index (χ3v) is 2.45. The Hall–Kier alpha value is -0.0800. The lowest BCUT2D eigenvalue weighted by Gasteiger charge is -2.11. The minimum Gasteiger partial charge on any atom is -0.315 e. The van der Waals surface area contributed by atoms with Gasteiger partial charge in [0.05, 0.1) is 0 Å². The number of hydrogen-bond acceptors (Lipinski definition) is 2. The predicted octanol–water partition coefficient (Wildman–Crippen LogP) is 1.37. The Balaban J connectivity index is 1.88. The maximum atomic E-state index is 3.50. The zero-order chi connectivity index (χ0) is 8.81. The first kappa shape index (κ1) is 10.0. The molecule has 72 valence electrons. The second-order valence-electron chi connectivity index (χ2n) is 4.18. The van der Waals surface area contributed by atoms with Crippen molar-refractivity contribution in [1.29, 1.82) is 0 Å². The van der Waals surface area contributed by atoms with Crippen molar-refractivity contribution in [2.24, 2.45) is 5.92 Å². The van der Waals surface area contributed by atoms with Crippen LogP contribution in [0.2, 0.25) is 0 Å². The summed E-state index contributed by atoms with van der Waals surface area (Å²) in [7, 11) is 0. The molecule has 1 aliphatic heterocycles. The van der Waals surface area contributed by atoms with Crippen LogP contribution in [0.25, 0.3) is 0 Å². The minimum atomic E-state index is 0.747. The van der Waals surface area contributed by atoms with E-state index in [9.17, 15) is 0 Å². The summed E-state index contributed by atoms with van der Waals surface area (Å²) in [6.07, 6.45) is 4.01. The second kappa shape index (κ2) is 5.55. The molecule has 0 spiro atoms. The quantitative estimate of drug-likeness (QED) is 0.609. The van der Waals surface area contributed by atoms with E-state index in [1.807, 2.05) is 0 Å². The van der Waals surface area contributed by atoms with Gasteiger partial charge in [-0.2, -0.15) is 0 Å². The monoisotopic (exact) mass is 170 g/mol. The maximum Gasteiger partial charge on any atom is 0.0192 e. The molecule has 1 fully saturated rings. The third kappa shape index (κ3) is 4.07. The fourth-order valence-corrected chi connectivity index (χ4v) is 1.60. The van der Waals surface area contributed by atoms with E-state index in [0.717, 1.165) is 18.5 Å². The van der Waals surface area contributed by atoms with Crippen LogP contribution >= 0.6 is 0 Å². The fraction of sp³-hybridized carbons (Fsp3) is 1.00. The molecule has 1 atom stereocenters. The van der Waals surface area contributed by atoms with E-state index in [0.29, 0.717) is 0 Å². The van der Waals surface area contributed by atoms with Crippen molar-refractivity contribution in [1.82, 2.24) is 10.6 Å². The molecule has 2 nitrogen and oxygen atoms in total. The van der Waals surface area contributed by atoms with Gasteiger partial charge in [0.25, 0.3) is 0 Å². The molecule has 0 aromatic carbocycles. The van der Waals surface area contributed by atoms with E-state index in [4.69, 9.17) is 0 Å². The molecule has 0 saturated carbocycles. The third-order valence-electron chi connectivity index (χ3n) is 2.45. The molecule has 1 aliphatic rings. The van der Waals surface area contributed by atoms with Gasteiger partial charge in [0.2, 0.25) is 0 Å². The van der Waals surface area contributed by atoms with Crippen LogP contribution in [-0.4, -0.2) is 25.7 Å². The summed E-state index contributed by atoms with van der Waals surface area (Å²) < 4.78 is 0. The highest BCUT2D eigenvalue weighted by Gasteiger charge is 2.12. The van der Waals surface area contributed by atoms with Gasteiger partial charge in [0, 0.05) is 12.6 Å². The van der Waals surface area contributed by atoms with Gasteiger partial charge in [-0.15, -0.1) is 0 Å². The van der Waals surface area contributed by atoms with E-state index in [2.05, 4.69) is 24.5 Å². The van der Waals surface area contributed by atoms with Crippen LogP contribution in [0.1, 0.15) is 33.1 Å². The Morgan fingerprint density at radius 3 is 2.92 bits per heavy atom. The summed E-state index contributed by atoms with van der Waals surface area (Å²) >= 11 is 0. The van der Waals surface area contributed by atoms with Crippen molar-refractivity contribution in [2.45, 2.75) is 39.2 Å². The van der Waals surface area contributed by atoms with Gasteiger partial charge in [0.15, 0.2) is 0 Å². The van der Waals surface area contributed by atoms with Gasteiger partial charge in [-0.25, -0.2) is 0 Å². The lowest BCUT2D eigenvalue weighted by atomic mass is 10.1. The molecule has 0 aromatic rings. The lowest BCUT2D eigenvalue weighted by molar-refractivity contribution is 0.493. The molecule has 0 amide bonds. The molecular weight excluding hydrogens is 148 g/mol. The van der Waals surface area contributed by atoms with Crippen LogP contribution in [0.4, 0.5) is 0 Å². The van der Waals surface area contributed by atoms with Crippen molar-refractivity contribution in [3.05, 3.63) is 0 Å². The first-order chi connectivity index (χ1) is 5.79. The minimum absolute atomic E-state index is 0.747. The molecule has 0 radical (unpaired) electrons. The summed E-state index contributed by atoms with van der Waals surface area (Å²) in [6, 6.07) is 0.747. The Labute approximate surface area is 76.1 Å². The second-order valence-corrected chi connectivity index (χ2v) is 4.18. The lowest BCUT2D eigenvalue weighted by Crippen LogP contribution is -2.34. The molecular formula is C10H22N2. The number of hydrogen-bond donors (Lipinski definition) is 2. The summed E-state index contributed by atoms with van der Waals surface area (Å²) in [6.45, 7) is 8.10. The topological polar surface area (TPSA) is 24.1 Å². The summed E-state index contributed by atoms with van der Waals surface area (Å²) in [5.41, 5.74) is 0. The highest BCUT2D eigenvalue weighted by molar-refractivity contribution is 4.75. The molecule has 1 rings (SSSR count). The highest BCUT2D eigenvalue weighted by Crippen LogP contribution is 2.03. The molecule has 0 bridgehead atoms. The first-order valence-electron chi connectivity index (χ1n) is 5.23. The normalized spacial score (nSPS) is 23.8. The van der Waals surface area contributed by atoms with Crippen molar-refractivity contribution < 1.29 is 0 Å². The predicted molar refractivity (Wildman–Crippen MR) is 53.3 cm³/mol. The van der Waals surface area contributed by atoms with Gasteiger partial charge >= 0.3 is 0 Å². The van der Waals surface area contributed by atoms with Gasteiger partial charge < -0.3 is 10.6 Å². The molecule has 1 heterocycles. The van der Waals surface area contributed by atoms with Gasteiger partial charge in [0.1, 0.15) is 0 Å². The van der Waals surface area contributed by atoms with E-state index in [1.54, 1.807) is 0 Å². The molecule has 12 heavy (non-hydrogen) atoms. The largest absolute Gasteiger partial charge is 0.315 e. The Bertz CT molecular complexity index is 106. The number of rotatable bonds is 5. The standard InChI is InChI=1S/C10H22N2/c1-9(2)5-7-11-8-10-4-3-6-12-10/h9-12H,3-8H2,1-2H3/t10-/m0/s1. The van der Waals surface area contributed by atoms with Crippen molar-refractivity contribution >= 4 is 0 Å². The maximum absolute atomic E-state index is 3.50. The van der Waals surface area contributed by atoms with Crippen LogP contribution in [0.15, 0.2) is 0 Å². The average molecular weight is 170 g/mol. The SMILES string of the molecule is CC(C)CCNC[C@@H]1CCCN1. The van der Waals surface area contributed by atoms with Gasteiger partial charge in [-0.1, -0.05) is 13.8 Å². The van der Waals surface area contributed by atoms with Crippen LogP contribution < -0.4 is 10.6 Å². The van der Waals surface area contributed by atoms with Crippen LogP contribution in [0, 0.1) is 5.92 Å². The van der Waals surface area contributed by atoms with Gasteiger partial charge in [-0.3, -0.25) is 0 Å². The number of nitrogens with one attached hydrogen (secondary N) is 2. The average Bonchev–Trinajstić information content (AvgIpc) is 2.49. The molecule has 0 unspecified atom stereocenters. The zero-order valence-electron chi connectivity index (χ0n) is 8.40. The Morgan fingerprint density at radius 1 is 1.50 bits per heavy atom. The van der Waals surface area contributed by atoms with Crippen molar-refractivity contribution in [3.8, 4) is 0 Å². The Kier molecular flexibility index (Phi) is 4.62. The van der Waals surface area contributed by atoms with E-state index < -0.39 is 0 Å². The van der Waals surface area contributed by atoms with E-state index in [1.165, 1.54) is 32.4 Å². The smallest absolute Gasteiger partial charge is 0.0192 e. The highest BCUT2D eigenvalue weighted by atomic mass is 15.0. The van der Waals surface area contributed by atoms with Crippen molar-refractivity contribution in [3.63, 3.8) is 0 Å². The molecule has 2 N–H and O–H groups in total. The molecule has 1 saturated heterocycles.